The zero-order valence-electron chi connectivity index (χ0n) is 11.0. The predicted octanol–water partition coefficient (Wildman–Crippen LogP) is 2.65. The van der Waals surface area contributed by atoms with Crippen LogP contribution in [0.25, 0.3) is 0 Å². The number of thioether (sulfide) groups is 1. The van der Waals surface area contributed by atoms with Crippen molar-refractivity contribution in [1.29, 1.82) is 0 Å². The summed E-state index contributed by atoms with van der Waals surface area (Å²) in [6.07, 6.45) is 2.02. The second-order valence-electron chi connectivity index (χ2n) is 4.36. The fourth-order valence-corrected chi connectivity index (χ4v) is 2.67. The van der Waals surface area contributed by atoms with Gasteiger partial charge in [-0.05, 0) is 26.3 Å². The minimum Gasteiger partial charge on any atom is -0.329 e. The van der Waals surface area contributed by atoms with E-state index in [0.29, 0.717) is 5.56 Å². The van der Waals surface area contributed by atoms with Crippen molar-refractivity contribution in [3.05, 3.63) is 35.4 Å². The van der Waals surface area contributed by atoms with E-state index in [-0.39, 0.29) is 18.6 Å². The Morgan fingerprint density at radius 1 is 1.39 bits per heavy atom. The Kier molecular flexibility index (Phi) is 6.05. The van der Waals surface area contributed by atoms with E-state index < -0.39 is 11.6 Å². The van der Waals surface area contributed by atoms with Crippen LogP contribution in [0.1, 0.15) is 18.5 Å². The Labute approximate surface area is 112 Å². The minimum atomic E-state index is -0.822. The van der Waals surface area contributed by atoms with Crippen molar-refractivity contribution in [3.63, 3.8) is 0 Å². The summed E-state index contributed by atoms with van der Waals surface area (Å²) in [5.74, 6) is -0.697. The number of hydrogen-bond donors (Lipinski definition) is 1. The van der Waals surface area contributed by atoms with Crippen LogP contribution in [0.2, 0.25) is 0 Å². The summed E-state index contributed by atoms with van der Waals surface area (Å²) < 4.78 is 27.0. The molecule has 0 heterocycles. The lowest BCUT2D eigenvalue weighted by molar-refractivity contribution is 0.199. The molecule has 0 fully saturated rings. The van der Waals surface area contributed by atoms with Gasteiger partial charge < -0.3 is 5.73 Å². The molecule has 1 aromatic rings. The summed E-state index contributed by atoms with van der Waals surface area (Å²) >= 11 is 1.72. The van der Waals surface area contributed by atoms with Gasteiger partial charge in [0, 0.05) is 23.9 Å². The molecule has 0 aliphatic carbocycles. The van der Waals surface area contributed by atoms with Crippen molar-refractivity contribution in [2.75, 3.05) is 25.6 Å². The molecule has 1 aromatic carbocycles. The highest BCUT2D eigenvalue weighted by Gasteiger charge is 2.23. The van der Waals surface area contributed by atoms with E-state index in [2.05, 4.69) is 6.92 Å². The molecule has 0 radical (unpaired) electrons. The summed E-state index contributed by atoms with van der Waals surface area (Å²) in [6.45, 7) is 2.31. The van der Waals surface area contributed by atoms with Crippen molar-refractivity contribution in [2.45, 2.75) is 19.0 Å². The van der Waals surface area contributed by atoms with Crippen molar-refractivity contribution in [2.24, 2.45) is 5.73 Å². The molecule has 0 aliphatic heterocycles. The van der Waals surface area contributed by atoms with Gasteiger partial charge in [0.15, 0.2) is 11.6 Å². The maximum Gasteiger partial charge on any atom is 0.163 e. The molecular weight excluding hydrogens is 254 g/mol. The standard InChI is InChI=1S/C13H20F2N2S/c1-9(8-18-3)17(2)12(7-16)10-5-4-6-11(14)13(10)15/h4-6,9,12H,7-8,16H2,1-3H3. The van der Waals surface area contributed by atoms with Gasteiger partial charge in [-0.2, -0.15) is 11.8 Å². The monoisotopic (exact) mass is 274 g/mol. The highest BCUT2D eigenvalue weighted by molar-refractivity contribution is 7.98. The van der Waals surface area contributed by atoms with Gasteiger partial charge in [-0.15, -0.1) is 0 Å². The van der Waals surface area contributed by atoms with Crippen LogP contribution in [0.5, 0.6) is 0 Å². The van der Waals surface area contributed by atoms with E-state index in [9.17, 15) is 8.78 Å². The number of nitrogens with two attached hydrogens (primary N) is 1. The highest BCUT2D eigenvalue weighted by Crippen LogP contribution is 2.25. The Bertz CT molecular complexity index is 387. The first-order valence-electron chi connectivity index (χ1n) is 5.87. The normalized spacial score (nSPS) is 14.8. The molecule has 0 saturated heterocycles. The van der Waals surface area contributed by atoms with Crippen molar-refractivity contribution in [3.8, 4) is 0 Å². The largest absolute Gasteiger partial charge is 0.329 e. The van der Waals surface area contributed by atoms with Gasteiger partial charge in [-0.25, -0.2) is 8.78 Å². The third-order valence-electron chi connectivity index (χ3n) is 3.16. The van der Waals surface area contributed by atoms with Crippen LogP contribution in [0, 0.1) is 11.6 Å². The average Bonchev–Trinajstić information content (AvgIpc) is 2.35. The van der Waals surface area contributed by atoms with Crippen LogP contribution in [-0.4, -0.2) is 36.5 Å². The zero-order chi connectivity index (χ0) is 13.7. The summed E-state index contributed by atoms with van der Waals surface area (Å²) in [5.41, 5.74) is 6.05. The first-order valence-corrected chi connectivity index (χ1v) is 7.27. The first-order chi connectivity index (χ1) is 8.52. The summed E-state index contributed by atoms with van der Waals surface area (Å²) in [4.78, 5) is 1.99. The smallest absolute Gasteiger partial charge is 0.163 e. The molecular formula is C13H20F2N2S. The predicted molar refractivity (Wildman–Crippen MR) is 73.8 cm³/mol. The molecule has 5 heteroatoms. The number of likely N-dealkylation sites (N-methyl/N-ethyl adjacent to an activating group) is 1. The maximum absolute atomic E-state index is 13.8. The second kappa shape index (κ2) is 7.07. The van der Waals surface area contributed by atoms with Crippen LogP contribution in [0.4, 0.5) is 8.78 Å². The number of rotatable bonds is 6. The van der Waals surface area contributed by atoms with Crippen molar-refractivity contribution < 1.29 is 8.78 Å². The summed E-state index contributed by atoms with van der Waals surface area (Å²) in [7, 11) is 1.89. The highest BCUT2D eigenvalue weighted by atomic mass is 32.2. The van der Waals surface area contributed by atoms with Gasteiger partial charge in [0.25, 0.3) is 0 Å². The van der Waals surface area contributed by atoms with Crippen LogP contribution in [-0.2, 0) is 0 Å². The van der Waals surface area contributed by atoms with E-state index in [1.54, 1.807) is 17.8 Å². The maximum atomic E-state index is 13.8. The summed E-state index contributed by atoms with van der Waals surface area (Å²) in [6, 6.07) is 4.18. The molecule has 1 rings (SSSR count). The van der Waals surface area contributed by atoms with Crippen LogP contribution in [0.3, 0.4) is 0 Å². The molecule has 0 spiro atoms. The van der Waals surface area contributed by atoms with Gasteiger partial charge in [-0.1, -0.05) is 12.1 Å². The van der Waals surface area contributed by atoms with Crippen LogP contribution < -0.4 is 5.73 Å². The molecule has 102 valence electrons. The van der Waals surface area contributed by atoms with E-state index in [1.165, 1.54) is 6.07 Å². The third-order valence-corrected chi connectivity index (χ3v) is 3.97. The average molecular weight is 274 g/mol. The van der Waals surface area contributed by atoms with Crippen LogP contribution in [0.15, 0.2) is 18.2 Å². The molecule has 0 aromatic heterocycles. The molecule has 0 saturated carbocycles. The van der Waals surface area contributed by atoms with Gasteiger partial charge in [0.2, 0.25) is 0 Å². The second-order valence-corrected chi connectivity index (χ2v) is 5.28. The molecule has 2 nitrogen and oxygen atoms in total. The lowest BCUT2D eigenvalue weighted by Crippen LogP contribution is -2.38. The lowest BCUT2D eigenvalue weighted by atomic mass is 10.0. The fraction of sp³-hybridized carbons (Fsp3) is 0.538. The van der Waals surface area contributed by atoms with E-state index in [0.717, 1.165) is 11.8 Å². The van der Waals surface area contributed by atoms with Crippen molar-refractivity contribution >= 4 is 11.8 Å². The van der Waals surface area contributed by atoms with Crippen molar-refractivity contribution in [1.82, 2.24) is 4.90 Å². The Balaban J connectivity index is 2.98. The molecule has 2 unspecified atom stereocenters. The van der Waals surface area contributed by atoms with Gasteiger partial charge >= 0.3 is 0 Å². The van der Waals surface area contributed by atoms with E-state index in [1.807, 2.05) is 18.2 Å². The minimum absolute atomic E-state index is 0.246. The number of nitrogens with zero attached hydrogens (tertiary/aromatic N) is 1. The fourth-order valence-electron chi connectivity index (χ4n) is 1.96. The van der Waals surface area contributed by atoms with Gasteiger partial charge in [-0.3, -0.25) is 4.90 Å². The molecule has 0 aliphatic rings. The number of benzene rings is 1. The number of halogens is 2. The molecule has 2 atom stereocenters. The van der Waals surface area contributed by atoms with Gasteiger partial charge in [0.1, 0.15) is 0 Å². The van der Waals surface area contributed by atoms with Crippen LogP contribution >= 0.6 is 11.8 Å². The van der Waals surface area contributed by atoms with E-state index >= 15 is 0 Å². The number of hydrogen-bond acceptors (Lipinski definition) is 3. The Hall–Kier alpha value is -0.650. The third kappa shape index (κ3) is 3.43. The quantitative estimate of drug-likeness (QED) is 0.864. The van der Waals surface area contributed by atoms with E-state index in [4.69, 9.17) is 5.73 Å². The SMILES string of the molecule is CSCC(C)N(C)C(CN)c1cccc(F)c1F. The lowest BCUT2D eigenvalue weighted by Gasteiger charge is -2.32. The Morgan fingerprint density at radius 2 is 2.06 bits per heavy atom. The molecule has 18 heavy (non-hydrogen) atoms. The zero-order valence-corrected chi connectivity index (χ0v) is 11.8. The molecule has 2 N–H and O–H groups in total. The Morgan fingerprint density at radius 3 is 2.61 bits per heavy atom. The first kappa shape index (κ1) is 15.4. The topological polar surface area (TPSA) is 29.3 Å². The summed E-state index contributed by atoms with van der Waals surface area (Å²) in [5, 5.41) is 0. The molecule has 0 bridgehead atoms. The van der Waals surface area contributed by atoms with Gasteiger partial charge in [0.05, 0.1) is 6.04 Å². The molecule has 0 amide bonds.